The molecule has 9 heteroatoms. The molecule has 9 nitrogen and oxygen atoms in total. The van der Waals surface area contributed by atoms with E-state index in [-0.39, 0.29) is 5.82 Å². The number of nitrogens with two attached hydrogens (primary N) is 1. The zero-order valence-corrected chi connectivity index (χ0v) is 9.88. The lowest BCUT2D eigenvalue weighted by Gasteiger charge is -2.27. The van der Waals surface area contributed by atoms with Crippen LogP contribution in [-0.2, 0) is 4.74 Å². The van der Waals surface area contributed by atoms with Gasteiger partial charge in [-0.2, -0.15) is 4.98 Å². The number of nitrogen functional groups attached to an aromatic ring is 1. The summed E-state index contributed by atoms with van der Waals surface area (Å²) in [6.07, 6.45) is -3.06. The van der Waals surface area contributed by atoms with Gasteiger partial charge in [0.1, 0.15) is 23.6 Å². The average Bonchev–Trinajstić information content (AvgIpc) is 2.64. The van der Waals surface area contributed by atoms with Gasteiger partial charge >= 0.3 is 5.69 Å². The molecule has 0 amide bonds. The monoisotopic (exact) mass is 273 g/mol. The fourth-order valence-electron chi connectivity index (χ4n) is 2.00. The lowest BCUT2D eigenvalue weighted by atomic mass is 9.97. The molecule has 0 radical (unpaired) electrons. The van der Waals surface area contributed by atoms with E-state index in [1.54, 1.807) is 0 Å². The molecule has 6 N–H and O–H groups in total. The van der Waals surface area contributed by atoms with Crippen LogP contribution in [0.25, 0.3) is 0 Å². The van der Waals surface area contributed by atoms with E-state index in [4.69, 9.17) is 10.5 Å². The van der Waals surface area contributed by atoms with Gasteiger partial charge in [-0.15, -0.1) is 0 Å². The van der Waals surface area contributed by atoms with Crippen LogP contribution in [-0.4, -0.2) is 61.0 Å². The zero-order chi connectivity index (χ0) is 14.2. The van der Waals surface area contributed by atoms with E-state index in [0.717, 1.165) is 4.57 Å². The minimum Gasteiger partial charge on any atom is -0.393 e. The van der Waals surface area contributed by atoms with E-state index < -0.39 is 42.9 Å². The molecule has 106 valence electrons. The average molecular weight is 273 g/mol. The van der Waals surface area contributed by atoms with Crippen molar-refractivity contribution in [3.63, 3.8) is 0 Å². The highest BCUT2D eigenvalue weighted by molar-refractivity contribution is 5.23. The lowest BCUT2D eigenvalue weighted by Crippen LogP contribution is -2.49. The van der Waals surface area contributed by atoms with E-state index in [2.05, 4.69) is 4.98 Å². The predicted octanol–water partition coefficient (Wildman–Crippen LogP) is -3.20. The summed E-state index contributed by atoms with van der Waals surface area (Å²) in [5.74, 6) is 0.00450. The van der Waals surface area contributed by atoms with Crippen LogP contribution in [0.2, 0.25) is 0 Å². The quantitative estimate of drug-likeness (QED) is 0.386. The topological polar surface area (TPSA) is 151 Å². The summed E-state index contributed by atoms with van der Waals surface area (Å²) >= 11 is 0. The first-order chi connectivity index (χ1) is 8.95. The number of nitrogens with zero attached hydrogens (tertiary/aromatic N) is 2. The van der Waals surface area contributed by atoms with Crippen LogP contribution in [0.3, 0.4) is 0 Å². The van der Waals surface area contributed by atoms with Gasteiger partial charge in [-0.1, -0.05) is 0 Å². The minimum atomic E-state index is -1.73. The molecule has 0 saturated carbocycles. The molecule has 1 aromatic rings. The number of aromatic nitrogens is 2. The summed E-state index contributed by atoms with van der Waals surface area (Å²) in [5, 5.41) is 38.1. The van der Waals surface area contributed by atoms with E-state index in [0.29, 0.717) is 0 Å². The van der Waals surface area contributed by atoms with Crippen LogP contribution in [0.15, 0.2) is 17.1 Å². The molecule has 0 bridgehead atoms. The van der Waals surface area contributed by atoms with Crippen molar-refractivity contribution in [1.82, 2.24) is 9.55 Å². The Morgan fingerprint density at radius 1 is 1.42 bits per heavy atom. The second-order valence-corrected chi connectivity index (χ2v) is 4.37. The molecule has 2 rings (SSSR count). The lowest BCUT2D eigenvalue weighted by molar-refractivity contribution is -0.150. The van der Waals surface area contributed by atoms with Crippen LogP contribution in [0, 0.1) is 0 Å². The Morgan fingerprint density at radius 2 is 2.05 bits per heavy atom. The molecule has 3 unspecified atom stereocenters. The maximum atomic E-state index is 11.6. The first-order valence-electron chi connectivity index (χ1n) is 5.55. The van der Waals surface area contributed by atoms with Crippen molar-refractivity contribution in [1.29, 1.82) is 0 Å². The van der Waals surface area contributed by atoms with E-state index >= 15 is 0 Å². The molecular weight excluding hydrogens is 258 g/mol. The minimum absolute atomic E-state index is 0.00450. The van der Waals surface area contributed by atoms with Gasteiger partial charge in [0, 0.05) is 6.20 Å². The number of ether oxygens (including phenoxy) is 1. The van der Waals surface area contributed by atoms with Gasteiger partial charge in [0.05, 0.1) is 13.2 Å². The third-order valence-corrected chi connectivity index (χ3v) is 3.17. The molecule has 1 aromatic heterocycles. The summed E-state index contributed by atoms with van der Waals surface area (Å²) in [7, 11) is 0. The Hall–Kier alpha value is -1.52. The summed E-state index contributed by atoms with van der Waals surface area (Å²) in [6, 6.07) is 1.32. The standard InChI is InChI=1S/C10H15N3O6/c11-5-1-2-13(9(18)12-5)8-6(16)7(17)10(3-14,4-15)19-8/h1-2,6-8,14-17H,3-4H2,(H2,11,12,18). The number of anilines is 1. The fourth-order valence-corrected chi connectivity index (χ4v) is 2.00. The van der Waals surface area contributed by atoms with Crippen LogP contribution < -0.4 is 11.4 Å². The van der Waals surface area contributed by atoms with Crippen molar-refractivity contribution in [2.24, 2.45) is 0 Å². The highest BCUT2D eigenvalue weighted by Gasteiger charge is 2.54. The second kappa shape index (κ2) is 4.87. The summed E-state index contributed by atoms with van der Waals surface area (Å²) in [4.78, 5) is 15.1. The molecule has 1 aliphatic rings. The molecule has 0 spiro atoms. The van der Waals surface area contributed by atoms with E-state index in [1.165, 1.54) is 12.3 Å². The van der Waals surface area contributed by atoms with Gasteiger partial charge in [0.2, 0.25) is 0 Å². The fraction of sp³-hybridized carbons (Fsp3) is 0.600. The van der Waals surface area contributed by atoms with Crippen molar-refractivity contribution < 1.29 is 25.2 Å². The number of aliphatic hydroxyl groups is 4. The van der Waals surface area contributed by atoms with Crippen molar-refractivity contribution in [2.45, 2.75) is 24.0 Å². The molecule has 1 fully saturated rings. The van der Waals surface area contributed by atoms with E-state index in [1.807, 2.05) is 0 Å². The van der Waals surface area contributed by atoms with E-state index in [9.17, 15) is 25.2 Å². The first kappa shape index (κ1) is 13.9. The molecular formula is C10H15N3O6. The van der Waals surface area contributed by atoms with Crippen molar-refractivity contribution in [3.8, 4) is 0 Å². The number of hydrogen-bond donors (Lipinski definition) is 5. The molecule has 1 saturated heterocycles. The van der Waals surface area contributed by atoms with Crippen LogP contribution in [0.4, 0.5) is 5.82 Å². The summed E-state index contributed by atoms with van der Waals surface area (Å²) < 4.78 is 6.19. The Kier molecular flexibility index (Phi) is 3.56. The zero-order valence-electron chi connectivity index (χ0n) is 9.88. The van der Waals surface area contributed by atoms with Gasteiger partial charge in [-0.3, -0.25) is 4.57 Å². The summed E-state index contributed by atoms with van der Waals surface area (Å²) in [6.45, 7) is -1.43. The van der Waals surface area contributed by atoms with Crippen LogP contribution in [0.5, 0.6) is 0 Å². The smallest absolute Gasteiger partial charge is 0.351 e. The Labute approximate surface area is 107 Å². The maximum Gasteiger partial charge on any atom is 0.351 e. The molecule has 1 aliphatic heterocycles. The molecule has 19 heavy (non-hydrogen) atoms. The molecule has 0 aliphatic carbocycles. The first-order valence-corrected chi connectivity index (χ1v) is 5.55. The predicted molar refractivity (Wildman–Crippen MR) is 61.9 cm³/mol. The van der Waals surface area contributed by atoms with Crippen molar-refractivity contribution in [2.75, 3.05) is 18.9 Å². The third-order valence-electron chi connectivity index (χ3n) is 3.17. The number of hydrogen-bond acceptors (Lipinski definition) is 8. The van der Waals surface area contributed by atoms with Crippen molar-refractivity contribution >= 4 is 5.82 Å². The molecule has 0 aromatic carbocycles. The number of rotatable bonds is 3. The SMILES string of the molecule is Nc1ccn(C2OC(CO)(CO)C(O)C2O)c(=O)n1. The van der Waals surface area contributed by atoms with Gasteiger partial charge in [0.25, 0.3) is 0 Å². The van der Waals surface area contributed by atoms with Crippen molar-refractivity contribution in [3.05, 3.63) is 22.7 Å². The van der Waals surface area contributed by atoms with Gasteiger partial charge in [-0.05, 0) is 6.07 Å². The third kappa shape index (κ3) is 2.11. The normalized spacial score (nSPS) is 29.6. The maximum absolute atomic E-state index is 11.6. The van der Waals surface area contributed by atoms with Crippen LogP contribution in [0.1, 0.15) is 6.23 Å². The highest BCUT2D eigenvalue weighted by atomic mass is 16.6. The Morgan fingerprint density at radius 3 is 2.53 bits per heavy atom. The van der Waals surface area contributed by atoms with Crippen LogP contribution >= 0.6 is 0 Å². The Bertz CT molecular complexity index is 514. The Balaban J connectivity index is 2.39. The van der Waals surface area contributed by atoms with Gasteiger partial charge in [0.15, 0.2) is 6.23 Å². The summed E-state index contributed by atoms with van der Waals surface area (Å²) in [5.41, 5.74) is 2.83. The second-order valence-electron chi connectivity index (χ2n) is 4.37. The number of aliphatic hydroxyl groups excluding tert-OH is 4. The molecule has 3 atom stereocenters. The largest absolute Gasteiger partial charge is 0.393 e. The highest BCUT2D eigenvalue weighted by Crippen LogP contribution is 2.36. The van der Waals surface area contributed by atoms with Gasteiger partial charge in [-0.25, -0.2) is 4.79 Å². The molecule has 2 heterocycles. The van der Waals surface area contributed by atoms with Gasteiger partial charge < -0.3 is 30.9 Å².